The fourth-order valence-electron chi connectivity index (χ4n) is 3.95. The van der Waals surface area contributed by atoms with Crippen LogP contribution < -0.4 is 9.62 Å². The smallest absolute Gasteiger partial charge is 0.264 e. The average Bonchev–Trinajstić information content (AvgIpc) is 2.90. The first kappa shape index (κ1) is 30.5. The molecule has 0 aliphatic heterocycles. The van der Waals surface area contributed by atoms with E-state index in [4.69, 9.17) is 23.2 Å². The van der Waals surface area contributed by atoms with Crippen LogP contribution in [-0.2, 0) is 26.2 Å². The summed E-state index contributed by atoms with van der Waals surface area (Å²) in [4.78, 5) is 28.4. The minimum Gasteiger partial charge on any atom is -0.354 e. The third-order valence-electron chi connectivity index (χ3n) is 6.07. The highest BCUT2D eigenvalue weighted by atomic mass is 35.5. The van der Waals surface area contributed by atoms with Crippen molar-refractivity contribution < 1.29 is 18.0 Å². The van der Waals surface area contributed by atoms with Crippen molar-refractivity contribution in [1.82, 2.24) is 10.2 Å². The van der Waals surface area contributed by atoms with Crippen LogP contribution in [0.5, 0.6) is 0 Å². The van der Waals surface area contributed by atoms with Gasteiger partial charge in [-0.1, -0.05) is 85.1 Å². The number of aryl methyl sites for hydroxylation is 1. The standard InChI is InChI=1S/C29H33Cl2N3O4S/c1-20(2)17-32-29(36)22(4)33(18-23-10-8-9-21(3)15-23)28(35)19-34(27-16-24(30)13-14-26(27)31)39(37,38)25-11-6-5-7-12-25/h5-16,20,22H,17-19H2,1-4H3,(H,32,36)/t22-/m0/s1. The van der Waals surface area contributed by atoms with Gasteiger partial charge >= 0.3 is 0 Å². The molecule has 2 amide bonds. The van der Waals surface area contributed by atoms with E-state index in [1.807, 2.05) is 45.0 Å². The van der Waals surface area contributed by atoms with Gasteiger partial charge in [0.15, 0.2) is 0 Å². The number of rotatable bonds is 11. The number of hydrogen-bond acceptors (Lipinski definition) is 4. The van der Waals surface area contributed by atoms with Crippen LogP contribution in [0.3, 0.4) is 0 Å². The minimum absolute atomic E-state index is 0.0122. The number of hydrogen-bond donors (Lipinski definition) is 1. The molecular weight excluding hydrogens is 557 g/mol. The number of halogens is 2. The molecule has 0 aromatic heterocycles. The monoisotopic (exact) mass is 589 g/mol. The molecule has 0 aliphatic rings. The summed E-state index contributed by atoms with van der Waals surface area (Å²) < 4.78 is 28.6. The van der Waals surface area contributed by atoms with Gasteiger partial charge in [-0.25, -0.2) is 8.42 Å². The Morgan fingerprint density at radius 3 is 2.26 bits per heavy atom. The first-order chi connectivity index (χ1) is 18.4. The van der Waals surface area contributed by atoms with Crippen LogP contribution in [-0.4, -0.2) is 44.3 Å². The Morgan fingerprint density at radius 2 is 1.62 bits per heavy atom. The zero-order valence-electron chi connectivity index (χ0n) is 22.4. The number of carbonyl (C=O) groups excluding carboxylic acids is 2. The van der Waals surface area contributed by atoms with E-state index in [9.17, 15) is 18.0 Å². The molecule has 0 radical (unpaired) electrons. The largest absolute Gasteiger partial charge is 0.354 e. The number of nitrogens with one attached hydrogen (secondary N) is 1. The maximum absolute atomic E-state index is 13.9. The predicted octanol–water partition coefficient (Wildman–Crippen LogP) is 5.69. The highest BCUT2D eigenvalue weighted by molar-refractivity contribution is 7.92. The maximum Gasteiger partial charge on any atom is 0.264 e. The summed E-state index contributed by atoms with van der Waals surface area (Å²) in [7, 11) is -4.23. The molecule has 1 atom stereocenters. The van der Waals surface area contributed by atoms with Gasteiger partial charge in [-0.2, -0.15) is 0 Å². The van der Waals surface area contributed by atoms with Crippen molar-refractivity contribution in [2.45, 2.75) is 45.2 Å². The van der Waals surface area contributed by atoms with Gasteiger partial charge in [-0.05, 0) is 55.7 Å². The van der Waals surface area contributed by atoms with Crippen molar-refractivity contribution in [3.63, 3.8) is 0 Å². The van der Waals surface area contributed by atoms with Gasteiger partial charge in [-0.15, -0.1) is 0 Å². The molecule has 1 N–H and O–H groups in total. The van der Waals surface area contributed by atoms with Crippen LogP contribution in [0, 0.1) is 12.8 Å². The van der Waals surface area contributed by atoms with Crippen molar-refractivity contribution in [3.05, 3.63) is 94.0 Å². The number of sulfonamides is 1. The summed E-state index contributed by atoms with van der Waals surface area (Å²) in [6.45, 7) is 7.48. The summed E-state index contributed by atoms with van der Waals surface area (Å²) in [6.07, 6.45) is 0. The van der Waals surface area contributed by atoms with E-state index in [1.165, 1.54) is 35.2 Å². The highest BCUT2D eigenvalue weighted by Crippen LogP contribution is 2.33. The second-order valence-electron chi connectivity index (χ2n) is 9.75. The molecule has 3 aromatic carbocycles. The van der Waals surface area contributed by atoms with Crippen LogP contribution in [0.25, 0.3) is 0 Å². The van der Waals surface area contributed by atoms with Gasteiger partial charge in [0.25, 0.3) is 10.0 Å². The highest BCUT2D eigenvalue weighted by Gasteiger charge is 2.33. The molecule has 3 aromatic rings. The SMILES string of the molecule is Cc1cccc(CN(C(=O)CN(c2cc(Cl)ccc2Cl)S(=O)(=O)c2ccccc2)[C@@H](C)C(=O)NCC(C)C)c1. The summed E-state index contributed by atoms with van der Waals surface area (Å²) in [5.74, 6) is -0.680. The molecule has 0 spiro atoms. The van der Waals surface area contributed by atoms with Crippen LogP contribution in [0.15, 0.2) is 77.7 Å². The molecule has 0 saturated carbocycles. The zero-order valence-corrected chi connectivity index (χ0v) is 24.7. The molecule has 0 saturated heterocycles. The van der Waals surface area contributed by atoms with Gasteiger partial charge in [0, 0.05) is 18.1 Å². The van der Waals surface area contributed by atoms with Gasteiger partial charge in [0.2, 0.25) is 11.8 Å². The van der Waals surface area contributed by atoms with E-state index in [0.29, 0.717) is 6.54 Å². The average molecular weight is 591 g/mol. The number of nitrogens with zero attached hydrogens (tertiary/aromatic N) is 2. The number of amides is 2. The lowest BCUT2D eigenvalue weighted by Gasteiger charge is -2.32. The number of anilines is 1. The lowest BCUT2D eigenvalue weighted by molar-refractivity contribution is -0.139. The molecule has 7 nitrogen and oxygen atoms in total. The Bertz CT molecular complexity index is 1420. The van der Waals surface area contributed by atoms with Gasteiger partial charge in [0.1, 0.15) is 12.6 Å². The summed E-state index contributed by atoms with van der Waals surface area (Å²) >= 11 is 12.6. The molecule has 208 valence electrons. The van der Waals surface area contributed by atoms with Crippen LogP contribution in [0.1, 0.15) is 31.9 Å². The Labute approximate surface area is 240 Å². The minimum atomic E-state index is -4.23. The van der Waals surface area contributed by atoms with E-state index in [0.717, 1.165) is 15.4 Å². The molecule has 10 heteroatoms. The maximum atomic E-state index is 13.9. The lowest BCUT2D eigenvalue weighted by Crippen LogP contribution is -2.51. The van der Waals surface area contributed by atoms with Gasteiger partial charge in [0.05, 0.1) is 15.6 Å². The zero-order chi connectivity index (χ0) is 28.7. The van der Waals surface area contributed by atoms with Crippen molar-refractivity contribution in [2.24, 2.45) is 5.92 Å². The van der Waals surface area contributed by atoms with Crippen LogP contribution in [0.2, 0.25) is 10.0 Å². The first-order valence-electron chi connectivity index (χ1n) is 12.6. The van der Waals surface area contributed by atoms with Gasteiger partial charge in [-0.3, -0.25) is 13.9 Å². The molecule has 0 unspecified atom stereocenters. The second-order valence-corrected chi connectivity index (χ2v) is 12.5. The van der Waals surface area contributed by atoms with E-state index in [2.05, 4.69) is 5.32 Å². The third kappa shape index (κ3) is 7.97. The quantitative estimate of drug-likeness (QED) is 0.311. The summed E-state index contributed by atoms with van der Waals surface area (Å²) in [6, 6.07) is 18.9. The Balaban J connectivity index is 2.04. The molecule has 0 bridgehead atoms. The Kier molecular flexibility index (Phi) is 10.4. The fraction of sp³-hybridized carbons (Fsp3) is 0.310. The van der Waals surface area contributed by atoms with Crippen molar-refractivity contribution in [2.75, 3.05) is 17.4 Å². The second kappa shape index (κ2) is 13.3. The molecule has 39 heavy (non-hydrogen) atoms. The summed E-state index contributed by atoms with van der Waals surface area (Å²) in [5, 5.41) is 3.24. The van der Waals surface area contributed by atoms with Crippen LogP contribution in [0.4, 0.5) is 5.69 Å². The van der Waals surface area contributed by atoms with Crippen molar-refractivity contribution in [3.8, 4) is 0 Å². The van der Waals surface area contributed by atoms with E-state index in [1.54, 1.807) is 25.1 Å². The van der Waals surface area contributed by atoms with Gasteiger partial charge < -0.3 is 10.2 Å². The fourth-order valence-corrected chi connectivity index (χ4v) is 5.83. The van der Waals surface area contributed by atoms with Crippen molar-refractivity contribution in [1.29, 1.82) is 0 Å². The Hall–Kier alpha value is -3.07. The van der Waals surface area contributed by atoms with E-state index in [-0.39, 0.29) is 39.0 Å². The van der Waals surface area contributed by atoms with E-state index < -0.39 is 28.5 Å². The topological polar surface area (TPSA) is 86.8 Å². The lowest BCUT2D eigenvalue weighted by atomic mass is 10.1. The summed E-state index contributed by atoms with van der Waals surface area (Å²) in [5.41, 5.74) is 1.87. The Morgan fingerprint density at radius 1 is 0.923 bits per heavy atom. The normalized spacial score (nSPS) is 12.2. The van der Waals surface area contributed by atoms with E-state index >= 15 is 0 Å². The number of benzene rings is 3. The molecule has 0 fully saturated rings. The third-order valence-corrected chi connectivity index (χ3v) is 8.40. The van der Waals surface area contributed by atoms with Crippen molar-refractivity contribution >= 4 is 50.7 Å². The molecule has 0 heterocycles. The first-order valence-corrected chi connectivity index (χ1v) is 14.7. The van der Waals surface area contributed by atoms with Crippen LogP contribution >= 0.6 is 23.2 Å². The predicted molar refractivity (Wildman–Crippen MR) is 156 cm³/mol. The molecule has 0 aliphatic carbocycles. The molecular formula is C29H33Cl2N3O4S. The molecule has 3 rings (SSSR count). The number of carbonyl (C=O) groups is 2.